The van der Waals surface area contributed by atoms with E-state index in [4.69, 9.17) is 11.2 Å². The van der Waals surface area contributed by atoms with Crippen LogP contribution in [0.3, 0.4) is 0 Å². The van der Waals surface area contributed by atoms with Crippen LogP contribution in [0.1, 0.15) is 18.1 Å². The number of barbiturate groups is 1. The number of fused-ring (bicyclic) bond motifs is 1. The first kappa shape index (κ1) is 20.9. The Morgan fingerprint density at radius 1 is 1.03 bits per heavy atom. The summed E-state index contributed by atoms with van der Waals surface area (Å²) < 4.78 is 5.67. The van der Waals surface area contributed by atoms with Gasteiger partial charge in [0.25, 0.3) is 11.8 Å². The summed E-state index contributed by atoms with van der Waals surface area (Å²) in [6.07, 6.45) is 7.42. The molecule has 1 heterocycles. The van der Waals surface area contributed by atoms with Gasteiger partial charge in [0.1, 0.15) is 17.9 Å². The molecule has 0 spiro atoms. The standard InChI is InChI=1S/C26H20N2O4/c1-3-15-32-23-14-13-18-10-5-7-11-19(18)20(23)16-21-24(29)27-26(31)28(25(21)30)22-12-8-6-9-17(22)4-2/h1,5-14,16H,4,15H2,2H3,(H,27,29,31)/b21-16-. The Morgan fingerprint density at radius 2 is 1.78 bits per heavy atom. The van der Waals surface area contributed by atoms with Crippen molar-refractivity contribution in [3.05, 3.63) is 77.4 Å². The van der Waals surface area contributed by atoms with Gasteiger partial charge in [-0.2, -0.15) is 0 Å². The van der Waals surface area contributed by atoms with E-state index in [1.165, 1.54) is 6.08 Å². The molecule has 0 atom stereocenters. The Morgan fingerprint density at radius 3 is 2.56 bits per heavy atom. The van der Waals surface area contributed by atoms with Crippen LogP contribution in [0.25, 0.3) is 16.8 Å². The van der Waals surface area contributed by atoms with Crippen molar-refractivity contribution < 1.29 is 19.1 Å². The van der Waals surface area contributed by atoms with Crippen molar-refractivity contribution in [1.82, 2.24) is 5.32 Å². The Hall–Kier alpha value is -4.37. The van der Waals surface area contributed by atoms with Crippen LogP contribution in [0.4, 0.5) is 10.5 Å². The number of benzene rings is 3. The molecule has 1 aliphatic rings. The number of aryl methyl sites for hydroxylation is 1. The smallest absolute Gasteiger partial charge is 0.335 e. The first-order valence-corrected chi connectivity index (χ1v) is 10.1. The Balaban J connectivity index is 1.87. The topological polar surface area (TPSA) is 75.7 Å². The predicted octanol–water partition coefficient (Wildman–Crippen LogP) is 4.08. The number of ether oxygens (including phenoxy) is 1. The van der Waals surface area contributed by atoms with Gasteiger partial charge in [-0.1, -0.05) is 61.4 Å². The lowest BCUT2D eigenvalue weighted by Gasteiger charge is -2.28. The Kier molecular flexibility index (Phi) is 5.73. The second-order valence-corrected chi connectivity index (χ2v) is 7.13. The minimum absolute atomic E-state index is 0.0309. The van der Waals surface area contributed by atoms with E-state index in [2.05, 4.69) is 11.2 Å². The fraction of sp³-hybridized carbons (Fsp3) is 0.115. The summed E-state index contributed by atoms with van der Waals surface area (Å²) in [5.41, 5.74) is 1.62. The highest BCUT2D eigenvalue weighted by atomic mass is 16.5. The number of carbonyl (C=O) groups is 3. The molecule has 3 aromatic carbocycles. The minimum Gasteiger partial charge on any atom is -0.480 e. The molecule has 0 aliphatic carbocycles. The summed E-state index contributed by atoms with van der Waals surface area (Å²) in [5, 5.41) is 3.96. The Labute approximate surface area is 185 Å². The maximum Gasteiger partial charge on any atom is 0.335 e. The fourth-order valence-corrected chi connectivity index (χ4v) is 3.72. The van der Waals surface area contributed by atoms with Gasteiger partial charge in [-0.3, -0.25) is 14.9 Å². The van der Waals surface area contributed by atoms with E-state index in [1.807, 2.05) is 49.4 Å². The zero-order valence-electron chi connectivity index (χ0n) is 17.4. The number of terminal acetylenes is 1. The van der Waals surface area contributed by atoms with Gasteiger partial charge in [-0.05, 0) is 41.0 Å². The number of nitrogens with one attached hydrogen (secondary N) is 1. The number of rotatable bonds is 5. The van der Waals surface area contributed by atoms with Crippen molar-refractivity contribution in [2.75, 3.05) is 11.5 Å². The van der Waals surface area contributed by atoms with Crippen molar-refractivity contribution in [1.29, 1.82) is 0 Å². The van der Waals surface area contributed by atoms with Crippen LogP contribution in [0.15, 0.2) is 66.2 Å². The molecule has 3 aromatic rings. The number of nitrogens with zero attached hydrogens (tertiary/aromatic N) is 1. The summed E-state index contributed by atoms with van der Waals surface area (Å²) in [6.45, 7) is 1.96. The molecule has 32 heavy (non-hydrogen) atoms. The van der Waals surface area contributed by atoms with E-state index < -0.39 is 17.8 Å². The van der Waals surface area contributed by atoms with Gasteiger partial charge in [0, 0.05) is 5.56 Å². The molecule has 1 aliphatic heterocycles. The van der Waals surface area contributed by atoms with Gasteiger partial charge < -0.3 is 4.74 Å². The van der Waals surface area contributed by atoms with Gasteiger partial charge in [-0.15, -0.1) is 6.42 Å². The minimum atomic E-state index is -0.778. The van der Waals surface area contributed by atoms with Crippen molar-refractivity contribution in [2.24, 2.45) is 0 Å². The molecule has 0 bridgehead atoms. The van der Waals surface area contributed by atoms with Crippen LogP contribution in [0.5, 0.6) is 5.75 Å². The highest BCUT2D eigenvalue weighted by molar-refractivity contribution is 6.39. The molecule has 0 unspecified atom stereocenters. The van der Waals surface area contributed by atoms with Gasteiger partial charge >= 0.3 is 6.03 Å². The zero-order chi connectivity index (χ0) is 22.7. The summed E-state index contributed by atoms with van der Waals surface area (Å²) in [5.74, 6) is 1.39. The molecule has 4 amide bonds. The van der Waals surface area contributed by atoms with Gasteiger partial charge in [0.05, 0.1) is 5.69 Å². The molecular formula is C26H20N2O4. The van der Waals surface area contributed by atoms with Crippen LogP contribution in [0.2, 0.25) is 0 Å². The van der Waals surface area contributed by atoms with Crippen LogP contribution >= 0.6 is 0 Å². The number of hydrogen-bond donors (Lipinski definition) is 1. The van der Waals surface area contributed by atoms with Crippen LogP contribution in [0, 0.1) is 12.3 Å². The van der Waals surface area contributed by atoms with E-state index in [1.54, 1.807) is 18.2 Å². The van der Waals surface area contributed by atoms with Crippen molar-refractivity contribution in [3.8, 4) is 18.1 Å². The lowest BCUT2D eigenvalue weighted by molar-refractivity contribution is -0.122. The first-order valence-electron chi connectivity index (χ1n) is 10.1. The monoisotopic (exact) mass is 424 g/mol. The number of urea groups is 1. The number of amides is 4. The van der Waals surface area contributed by atoms with Gasteiger partial charge in [0.15, 0.2) is 0 Å². The summed E-state index contributed by atoms with van der Waals surface area (Å²) >= 11 is 0. The zero-order valence-corrected chi connectivity index (χ0v) is 17.4. The van der Waals surface area contributed by atoms with Gasteiger partial charge in [0.2, 0.25) is 0 Å². The molecule has 0 saturated carbocycles. The first-order chi connectivity index (χ1) is 15.5. The lowest BCUT2D eigenvalue weighted by atomic mass is 9.99. The fourth-order valence-electron chi connectivity index (χ4n) is 3.72. The average Bonchev–Trinajstić information content (AvgIpc) is 2.81. The van der Waals surface area contributed by atoms with E-state index in [9.17, 15) is 14.4 Å². The molecular weight excluding hydrogens is 404 g/mol. The number of carbonyl (C=O) groups excluding carboxylic acids is 3. The van der Waals surface area contributed by atoms with E-state index >= 15 is 0 Å². The SMILES string of the molecule is C#CCOc1ccc2ccccc2c1/C=C1/C(=O)NC(=O)N(c2ccccc2CC)C1=O. The second kappa shape index (κ2) is 8.78. The Bertz CT molecular complexity index is 1320. The summed E-state index contributed by atoms with van der Waals surface area (Å²) in [4.78, 5) is 39.7. The molecule has 6 nitrogen and oxygen atoms in total. The summed E-state index contributed by atoms with van der Waals surface area (Å²) in [6, 6.07) is 17.5. The highest BCUT2D eigenvalue weighted by Gasteiger charge is 2.37. The van der Waals surface area contributed by atoms with Crippen molar-refractivity contribution >= 4 is 40.4 Å². The van der Waals surface area contributed by atoms with E-state index in [0.29, 0.717) is 23.4 Å². The predicted molar refractivity (Wildman–Crippen MR) is 123 cm³/mol. The maximum absolute atomic E-state index is 13.4. The molecule has 1 N–H and O–H groups in total. The quantitative estimate of drug-likeness (QED) is 0.380. The van der Waals surface area contributed by atoms with Crippen LogP contribution in [-0.2, 0) is 16.0 Å². The largest absolute Gasteiger partial charge is 0.480 e. The molecule has 158 valence electrons. The van der Waals surface area contributed by atoms with Crippen LogP contribution < -0.4 is 15.0 Å². The van der Waals surface area contributed by atoms with Crippen LogP contribution in [-0.4, -0.2) is 24.5 Å². The number of hydrogen-bond acceptors (Lipinski definition) is 4. The highest BCUT2D eigenvalue weighted by Crippen LogP contribution is 2.32. The van der Waals surface area contributed by atoms with Crippen molar-refractivity contribution in [2.45, 2.75) is 13.3 Å². The molecule has 0 aromatic heterocycles. The molecule has 4 rings (SSSR count). The summed E-state index contributed by atoms with van der Waals surface area (Å²) in [7, 11) is 0. The molecule has 6 heteroatoms. The number of imide groups is 2. The lowest BCUT2D eigenvalue weighted by Crippen LogP contribution is -2.54. The molecule has 0 radical (unpaired) electrons. The van der Waals surface area contributed by atoms with E-state index in [-0.39, 0.29) is 12.2 Å². The molecule has 1 saturated heterocycles. The van der Waals surface area contributed by atoms with Crippen molar-refractivity contribution in [3.63, 3.8) is 0 Å². The normalized spacial score (nSPS) is 15.1. The second-order valence-electron chi connectivity index (χ2n) is 7.13. The molecule has 1 fully saturated rings. The van der Waals surface area contributed by atoms with Gasteiger partial charge in [-0.25, -0.2) is 9.69 Å². The third-order valence-electron chi connectivity index (χ3n) is 5.25. The van der Waals surface area contributed by atoms with E-state index in [0.717, 1.165) is 21.2 Å². The number of para-hydroxylation sites is 1. The third-order valence-corrected chi connectivity index (χ3v) is 5.25. The average molecular weight is 424 g/mol. The third kappa shape index (κ3) is 3.72. The number of anilines is 1. The maximum atomic E-state index is 13.4.